The molecule has 2 heterocycles. The number of amides is 1. The lowest BCUT2D eigenvalue weighted by molar-refractivity contribution is -0.122. The molecule has 0 aliphatic carbocycles. The molecule has 1 amide bonds. The minimum atomic E-state index is -0.912. The van der Waals surface area contributed by atoms with E-state index in [1.54, 1.807) is 12.1 Å². The number of carboxylic acid groups (broad SMARTS) is 1. The molecule has 5 nitrogen and oxygen atoms in total. The predicted octanol–water partition coefficient (Wildman–Crippen LogP) is 1.15. The summed E-state index contributed by atoms with van der Waals surface area (Å²) >= 11 is 1.24. The molecule has 1 fully saturated rings. The van der Waals surface area contributed by atoms with Crippen molar-refractivity contribution in [2.24, 2.45) is 11.7 Å². The number of carbonyl (C=O) groups excluding carboxylic acids is 1. The van der Waals surface area contributed by atoms with Crippen molar-refractivity contribution in [3.63, 3.8) is 0 Å². The Balaban J connectivity index is 2.10. The fraction of sp³-hybridized carbons (Fsp3) is 0.455. The quantitative estimate of drug-likeness (QED) is 0.847. The van der Waals surface area contributed by atoms with Gasteiger partial charge in [0.1, 0.15) is 4.88 Å². The molecule has 0 radical (unpaired) electrons. The summed E-state index contributed by atoms with van der Waals surface area (Å²) in [5.74, 6) is -1.31. The second-order valence-corrected chi connectivity index (χ2v) is 5.19. The van der Waals surface area contributed by atoms with Gasteiger partial charge >= 0.3 is 5.97 Å². The summed E-state index contributed by atoms with van der Waals surface area (Å²) in [6.45, 7) is 1.44. The number of aromatic carboxylic acids is 1. The second-order valence-electron chi connectivity index (χ2n) is 4.13. The van der Waals surface area contributed by atoms with Crippen molar-refractivity contribution >= 4 is 28.2 Å². The Morgan fingerprint density at radius 1 is 1.47 bits per heavy atom. The van der Waals surface area contributed by atoms with E-state index in [0.29, 0.717) is 11.4 Å². The second kappa shape index (κ2) is 4.75. The molecule has 0 aromatic carbocycles. The van der Waals surface area contributed by atoms with E-state index >= 15 is 0 Å². The van der Waals surface area contributed by atoms with Crippen molar-refractivity contribution in [1.29, 1.82) is 0 Å². The first-order valence-electron chi connectivity index (χ1n) is 5.45. The number of primary amides is 1. The number of nitrogens with two attached hydrogens (primary N) is 1. The van der Waals surface area contributed by atoms with Crippen LogP contribution in [0, 0.1) is 5.92 Å². The van der Waals surface area contributed by atoms with Crippen LogP contribution in [0.3, 0.4) is 0 Å². The molecular formula is C11H14N2O3S. The molecule has 6 heteroatoms. The number of anilines is 1. The zero-order valence-corrected chi connectivity index (χ0v) is 10.1. The van der Waals surface area contributed by atoms with E-state index in [1.165, 1.54) is 11.3 Å². The smallest absolute Gasteiger partial charge is 0.345 e. The first-order chi connectivity index (χ1) is 8.08. The lowest BCUT2D eigenvalue weighted by Gasteiger charge is -2.31. The first-order valence-corrected chi connectivity index (χ1v) is 6.27. The van der Waals surface area contributed by atoms with Gasteiger partial charge in [-0.25, -0.2) is 4.79 Å². The van der Waals surface area contributed by atoms with E-state index in [2.05, 4.69) is 0 Å². The lowest BCUT2D eigenvalue weighted by Crippen LogP contribution is -2.40. The lowest BCUT2D eigenvalue weighted by atomic mass is 9.98. The van der Waals surface area contributed by atoms with Crippen LogP contribution in [0.25, 0.3) is 0 Å². The third kappa shape index (κ3) is 2.58. The van der Waals surface area contributed by atoms with Gasteiger partial charge in [-0.05, 0) is 25.0 Å². The summed E-state index contributed by atoms with van der Waals surface area (Å²) < 4.78 is 0. The van der Waals surface area contributed by atoms with Crippen LogP contribution in [0.2, 0.25) is 0 Å². The number of rotatable bonds is 3. The summed E-state index contributed by atoms with van der Waals surface area (Å²) in [5.41, 5.74) is 5.30. The normalized spacial score (nSPS) is 20.2. The Kier molecular flexibility index (Phi) is 3.33. The van der Waals surface area contributed by atoms with Gasteiger partial charge in [-0.3, -0.25) is 4.79 Å². The highest BCUT2D eigenvalue weighted by molar-refractivity contribution is 7.17. The number of carbonyl (C=O) groups is 2. The maximum absolute atomic E-state index is 11.1. The maximum atomic E-state index is 11.1. The van der Waals surface area contributed by atoms with Gasteiger partial charge in [-0.1, -0.05) is 0 Å². The molecule has 1 aromatic rings. The topological polar surface area (TPSA) is 83.6 Å². The summed E-state index contributed by atoms with van der Waals surface area (Å²) in [7, 11) is 0. The third-order valence-corrected chi connectivity index (χ3v) is 4.07. The molecule has 1 aliphatic heterocycles. The van der Waals surface area contributed by atoms with E-state index < -0.39 is 5.97 Å². The van der Waals surface area contributed by atoms with E-state index in [-0.39, 0.29) is 11.8 Å². The van der Waals surface area contributed by atoms with Crippen LogP contribution in [0.15, 0.2) is 12.1 Å². The average molecular weight is 254 g/mol. The molecule has 0 saturated carbocycles. The van der Waals surface area contributed by atoms with E-state index in [0.717, 1.165) is 24.4 Å². The van der Waals surface area contributed by atoms with Crippen molar-refractivity contribution in [1.82, 2.24) is 0 Å². The standard InChI is InChI=1S/C11H14N2O3S/c12-10(14)7-2-1-5-13(6-7)9-4-3-8(17-9)11(15)16/h3-4,7H,1-2,5-6H2,(H2,12,14)(H,15,16). The Morgan fingerprint density at radius 3 is 2.82 bits per heavy atom. The number of piperidine rings is 1. The molecule has 2 rings (SSSR count). The summed E-state index contributed by atoms with van der Waals surface area (Å²) in [5, 5.41) is 9.75. The van der Waals surface area contributed by atoms with Gasteiger partial charge in [-0.15, -0.1) is 11.3 Å². The molecule has 0 bridgehead atoms. The van der Waals surface area contributed by atoms with Gasteiger partial charge in [0.25, 0.3) is 0 Å². The first kappa shape index (κ1) is 11.9. The van der Waals surface area contributed by atoms with Gasteiger partial charge in [0.2, 0.25) is 5.91 Å². The molecule has 1 unspecified atom stereocenters. The van der Waals surface area contributed by atoms with E-state index in [9.17, 15) is 9.59 Å². The Bertz CT molecular complexity index is 444. The van der Waals surface area contributed by atoms with Crippen LogP contribution in [0.5, 0.6) is 0 Å². The van der Waals surface area contributed by atoms with E-state index in [1.807, 2.05) is 4.90 Å². The van der Waals surface area contributed by atoms with Gasteiger partial charge in [0, 0.05) is 13.1 Å². The average Bonchev–Trinajstić information content (AvgIpc) is 2.78. The molecule has 0 spiro atoms. The van der Waals surface area contributed by atoms with Crippen molar-refractivity contribution in [3.05, 3.63) is 17.0 Å². The molecule has 1 saturated heterocycles. The van der Waals surface area contributed by atoms with Crippen LogP contribution < -0.4 is 10.6 Å². The molecule has 17 heavy (non-hydrogen) atoms. The Labute approximate surface area is 103 Å². The van der Waals surface area contributed by atoms with Gasteiger partial charge in [-0.2, -0.15) is 0 Å². The predicted molar refractivity (Wildman–Crippen MR) is 65.4 cm³/mol. The zero-order valence-electron chi connectivity index (χ0n) is 9.26. The highest BCUT2D eigenvalue weighted by atomic mass is 32.1. The van der Waals surface area contributed by atoms with Gasteiger partial charge in [0.05, 0.1) is 10.9 Å². The number of hydrogen-bond donors (Lipinski definition) is 2. The summed E-state index contributed by atoms with van der Waals surface area (Å²) in [6.07, 6.45) is 1.73. The minimum absolute atomic E-state index is 0.126. The molecule has 1 aromatic heterocycles. The number of nitrogens with zero attached hydrogens (tertiary/aromatic N) is 1. The van der Waals surface area contributed by atoms with Crippen molar-refractivity contribution < 1.29 is 14.7 Å². The molecule has 1 atom stereocenters. The van der Waals surface area contributed by atoms with Crippen molar-refractivity contribution in [2.45, 2.75) is 12.8 Å². The van der Waals surface area contributed by atoms with Gasteiger partial charge < -0.3 is 15.7 Å². The maximum Gasteiger partial charge on any atom is 0.345 e. The number of carboxylic acids is 1. The van der Waals surface area contributed by atoms with Crippen LogP contribution in [-0.2, 0) is 4.79 Å². The monoisotopic (exact) mass is 254 g/mol. The molecule has 3 N–H and O–H groups in total. The van der Waals surface area contributed by atoms with Crippen molar-refractivity contribution in [2.75, 3.05) is 18.0 Å². The molecule has 92 valence electrons. The highest BCUT2D eigenvalue weighted by Crippen LogP contribution is 2.29. The number of thiophene rings is 1. The third-order valence-electron chi connectivity index (χ3n) is 2.94. The van der Waals surface area contributed by atoms with Crippen LogP contribution in [0.1, 0.15) is 22.5 Å². The van der Waals surface area contributed by atoms with Gasteiger partial charge in [0.15, 0.2) is 0 Å². The molecular weight excluding hydrogens is 240 g/mol. The molecule has 1 aliphatic rings. The Morgan fingerprint density at radius 2 is 2.24 bits per heavy atom. The van der Waals surface area contributed by atoms with Crippen LogP contribution in [0.4, 0.5) is 5.00 Å². The largest absolute Gasteiger partial charge is 0.477 e. The number of hydrogen-bond acceptors (Lipinski definition) is 4. The fourth-order valence-electron chi connectivity index (χ4n) is 2.02. The van der Waals surface area contributed by atoms with E-state index in [4.69, 9.17) is 10.8 Å². The SMILES string of the molecule is NC(=O)C1CCCN(c2ccc(C(=O)O)s2)C1. The summed E-state index contributed by atoms with van der Waals surface area (Å²) in [4.78, 5) is 24.3. The zero-order chi connectivity index (χ0) is 12.4. The highest BCUT2D eigenvalue weighted by Gasteiger charge is 2.25. The van der Waals surface area contributed by atoms with Crippen LogP contribution >= 0.6 is 11.3 Å². The minimum Gasteiger partial charge on any atom is -0.477 e. The summed E-state index contributed by atoms with van der Waals surface area (Å²) in [6, 6.07) is 3.38. The fourth-order valence-corrected chi connectivity index (χ4v) is 2.90. The Hall–Kier alpha value is -1.56. The van der Waals surface area contributed by atoms with Crippen molar-refractivity contribution in [3.8, 4) is 0 Å². The van der Waals surface area contributed by atoms with Crippen LogP contribution in [-0.4, -0.2) is 30.1 Å².